The summed E-state index contributed by atoms with van der Waals surface area (Å²) in [6, 6.07) is 10.7. The molecule has 3 aromatic rings. The third kappa shape index (κ3) is 6.73. The Balaban J connectivity index is 0.000000470. The van der Waals surface area contributed by atoms with Gasteiger partial charge in [-0.3, -0.25) is 0 Å². The molecule has 2 fully saturated rings. The number of nitrogens with zero attached hydrogens (tertiary/aromatic N) is 4. The van der Waals surface area contributed by atoms with Crippen molar-refractivity contribution in [3.8, 4) is 6.07 Å². The molecule has 2 aromatic carbocycles. The molecule has 1 saturated heterocycles. The molecule has 1 unspecified atom stereocenters. The minimum absolute atomic E-state index is 0.213. The summed E-state index contributed by atoms with van der Waals surface area (Å²) in [5.74, 6) is -3.13. The van der Waals surface area contributed by atoms with Crippen LogP contribution in [0.5, 0.6) is 0 Å². The molecule has 7 nitrogen and oxygen atoms in total. The van der Waals surface area contributed by atoms with Crippen LogP contribution in [0, 0.1) is 28.9 Å². The van der Waals surface area contributed by atoms with Gasteiger partial charge in [-0.05, 0) is 74.4 Å². The van der Waals surface area contributed by atoms with Gasteiger partial charge in [0.1, 0.15) is 17.8 Å². The fourth-order valence-electron chi connectivity index (χ4n) is 4.56. The summed E-state index contributed by atoms with van der Waals surface area (Å²) in [5.41, 5.74) is 1.64. The van der Waals surface area contributed by atoms with Gasteiger partial charge in [-0.25, -0.2) is 27.9 Å². The number of anilines is 2. The van der Waals surface area contributed by atoms with Crippen molar-refractivity contribution in [1.29, 1.82) is 5.26 Å². The highest BCUT2D eigenvalue weighted by Gasteiger charge is 2.38. The second kappa shape index (κ2) is 12.0. The highest BCUT2D eigenvalue weighted by atomic mass is 19.4. The van der Waals surface area contributed by atoms with Crippen LogP contribution >= 0.6 is 0 Å². The molecule has 1 aliphatic carbocycles. The molecule has 1 atom stereocenters. The summed E-state index contributed by atoms with van der Waals surface area (Å²) in [4.78, 5) is 20.6. The molecule has 2 aliphatic rings. The maximum atomic E-state index is 15.1. The molecular formula is C27H25F6N5O2. The Morgan fingerprint density at radius 3 is 2.30 bits per heavy atom. The van der Waals surface area contributed by atoms with Crippen LogP contribution < -0.4 is 10.2 Å². The molecule has 2 heterocycles. The molecule has 0 radical (unpaired) electrons. The molecule has 1 saturated carbocycles. The lowest BCUT2D eigenvalue weighted by Crippen LogP contribution is -2.37. The number of fused-ring (bicyclic) bond motifs is 1. The van der Waals surface area contributed by atoms with Gasteiger partial charge in [0, 0.05) is 24.7 Å². The first-order valence-electron chi connectivity index (χ1n) is 12.6. The van der Waals surface area contributed by atoms with E-state index in [1.54, 1.807) is 18.2 Å². The van der Waals surface area contributed by atoms with Crippen LogP contribution in [0.15, 0.2) is 36.4 Å². The van der Waals surface area contributed by atoms with E-state index in [9.17, 15) is 27.2 Å². The number of piperidine rings is 1. The fourth-order valence-corrected chi connectivity index (χ4v) is 4.56. The van der Waals surface area contributed by atoms with Crippen LogP contribution in [-0.4, -0.2) is 46.4 Å². The smallest absolute Gasteiger partial charge is 0.475 e. The van der Waals surface area contributed by atoms with Crippen molar-refractivity contribution >= 4 is 28.6 Å². The number of alkyl halides is 4. The van der Waals surface area contributed by atoms with E-state index in [0.717, 1.165) is 31.0 Å². The van der Waals surface area contributed by atoms with E-state index in [4.69, 9.17) is 19.9 Å². The summed E-state index contributed by atoms with van der Waals surface area (Å²) in [6.07, 6.45) is -2.33. The number of nitriles is 1. The Morgan fingerprint density at radius 2 is 1.73 bits per heavy atom. The number of hydrogen-bond acceptors (Lipinski definition) is 6. The molecule has 5 rings (SSSR count). The van der Waals surface area contributed by atoms with Crippen molar-refractivity contribution in [1.82, 2.24) is 9.97 Å². The number of aliphatic carboxylic acids is 1. The summed E-state index contributed by atoms with van der Waals surface area (Å²) < 4.78 is 74.4. The van der Waals surface area contributed by atoms with Crippen molar-refractivity contribution < 1.29 is 36.2 Å². The number of carboxylic acids is 1. The highest BCUT2D eigenvalue weighted by Crippen LogP contribution is 2.38. The number of aromatic nitrogens is 2. The van der Waals surface area contributed by atoms with Crippen molar-refractivity contribution in [3.05, 3.63) is 59.2 Å². The van der Waals surface area contributed by atoms with E-state index >= 15 is 4.39 Å². The molecule has 0 amide bonds. The maximum Gasteiger partial charge on any atom is 0.490 e. The van der Waals surface area contributed by atoms with Crippen LogP contribution in [0.3, 0.4) is 0 Å². The number of carboxylic acid groups (broad SMARTS) is 1. The van der Waals surface area contributed by atoms with Crippen molar-refractivity contribution in [2.24, 2.45) is 5.92 Å². The Morgan fingerprint density at radius 1 is 1.05 bits per heavy atom. The van der Waals surface area contributed by atoms with Gasteiger partial charge in [0.15, 0.2) is 11.6 Å². The van der Waals surface area contributed by atoms with Gasteiger partial charge in [0.05, 0.1) is 22.7 Å². The van der Waals surface area contributed by atoms with Crippen LogP contribution in [-0.2, 0) is 4.79 Å². The van der Waals surface area contributed by atoms with Crippen LogP contribution in [0.1, 0.15) is 49.4 Å². The Bertz CT molecular complexity index is 1420. The monoisotopic (exact) mass is 565 g/mol. The van der Waals surface area contributed by atoms with Crippen LogP contribution in [0.4, 0.5) is 38.0 Å². The lowest BCUT2D eigenvalue weighted by Gasteiger charge is -2.36. The predicted molar refractivity (Wildman–Crippen MR) is 134 cm³/mol. The Kier molecular flexibility index (Phi) is 8.66. The van der Waals surface area contributed by atoms with E-state index in [2.05, 4.69) is 16.3 Å². The summed E-state index contributed by atoms with van der Waals surface area (Å²) in [5, 5.41) is 19.9. The van der Waals surface area contributed by atoms with E-state index in [1.165, 1.54) is 6.42 Å². The van der Waals surface area contributed by atoms with Gasteiger partial charge in [0.25, 0.3) is 0 Å². The molecule has 40 heavy (non-hydrogen) atoms. The van der Waals surface area contributed by atoms with E-state index < -0.39 is 35.9 Å². The summed E-state index contributed by atoms with van der Waals surface area (Å²) >= 11 is 0. The van der Waals surface area contributed by atoms with Gasteiger partial charge in [0.2, 0.25) is 0 Å². The van der Waals surface area contributed by atoms with Gasteiger partial charge in [-0.2, -0.15) is 18.4 Å². The Labute approximate surface area is 225 Å². The van der Waals surface area contributed by atoms with Crippen LogP contribution in [0.25, 0.3) is 11.0 Å². The molecule has 0 bridgehead atoms. The van der Waals surface area contributed by atoms with Crippen LogP contribution in [0.2, 0.25) is 0 Å². The molecular weight excluding hydrogens is 540 g/mol. The first kappa shape index (κ1) is 28.9. The lowest BCUT2D eigenvalue weighted by molar-refractivity contribution is -0.192. The molecule has 2 N–H and O–H groups in total. The lowest BCUT2D eigenvalue weighted by atomic mass is 9.88. The average molecular weight is 566 g/mol. The molecule has 13 heteroatoms. The number of carbonyl (C=O) groups is 1. The standard InChI is InChI=1S/C25H24F3N5.C2HF3O2/c26-17-5-6-20(27)19(13-17)23(28)16-8-10-33(11-9-16)25-24(30-18-2-1-3-18)31-21-7-4-15(14-29)12-22(21)32-25;3-2(4,5)1(6)7/h4-7,12-13,16,18,23H,1-3,8-11H2,(H,30,31);(H,6,7). The second-order valence-corrected chi connectivity index (χ2v) is 9.68. The first-order valence-corrected chi connectivity index (χ1v) is 12.6. The fraction of sp³-hybridized carbons (Fsp3) is 0.407. The quantitative estimate of drug-likeness (QED) is 0.350. The third-order valence-electron chi connectivity index (χ3n) is 6.97. The van der Waals surface area contributed by atoms with E-state index in [-0.39, 0.29) is 5.56 Å². The van der Waals surface area contributed by atoms with E-state index in [0.29, 0.717) is 60.2 Å². The van der Waals surface area contributed by atoms with Gasteiger partial charge >= 0.3 is 12.1 Å². The minimum Gasteiger partial charge on any atom is -0.475 e. The molecule has 0 spiro atoms. The second-order valence-electron chi connectivity index (χ2n) is 9.68. The van der Waals surface area contributed by atoms with Gasteiger partial charge in [-0.15, -0.1) is 0 Å². The van der Waals surface area contributed by atoms with E-state index in [1.807, 2.05) is 0 Å². The topological polar surface area (TPSA) is 102 Å². The molecule has 212 valence electrons. The number of halogens is 6. The van der Waals surface area contributed by atoms with Gasteiger partial charge in [-0.1, -0.05) is 0 Å². The number of benzene rings is 2. The zero-order valence-corrected chi connectivity index (χ0v) is 21.1. The largest absolute Gasteiger partial charge is 0.490 e. The highest BCUT2D eigenvalue weighted by molar-refractivity contribution is 5.82. The Hall–Kier alpha value is -4.08. The van der Waals surface area contributed by atoms with Gasteiger partial charge < -0.3 is 15.3 Å². The molecule has 1 aromatic heterocycles. The first-order chi connectivity index (χ1) is 19.0. The zero-order chi connectivity index (χ0) is 29.0. The van der Waals surface area contributed by atoms with Crippen molar-refractivity contribution in [2.75, 3.05) is 23.3 Å². The SMILES string of the molecule is N#Cc1ccc2nc(NC3CCC3)c(N3CCC(C(F)c4cc(F)ccc4F)CC3)nc2c1.O=C(O)C(F)(F)F. The normalized spacial score (nSPS) is 16.9. The van der Waals surface area contributed by atoms with Crippen molar-refractivity contribution in [3.63, 3.8) is 0 Å². The number of hydrogen-bond donors (Lipinski definition) is 2. The molecule has 1 aliphatic heterocycles. The van der Waals surface area contributed by atoms with Crippen molar-refractivity contribution in [2.45, 2.75) is 50.5 Å². The summed E-state index contributed by atoms with van der Waals surface area (Å²) in [6.45, 7) is 1.05. The third-order valence-corrected chi connectivity index (χ3v) is 6.97. The zero-order valence-electron chi connectivity index (χ0n) is 21.1. The number of nitrogens with one attached hydrogen (secondary N) is 1. The maximum absolute atomic E-state index is 15.1. The summed E-state index contributed by atoms with van der Waals surface area (Å²) in [7, 11) is 0. The number of rotatable bonds is 5. The minimum atomic E-state index is -5.08. The predicted octanol–water partition coefficient (Wildman–Crippen LogP) is 6.30. The average Bonchev–Trinajstić information content (AvgIpc) is 2.91.